The zero-order chi connectivity index (χ0) is 20.5. The Morgan fingerprint density at radius 2 is 2.00 bits per heavy atom. The van der Waals surface area contributed by atoms with E-state index in [0.717, 1.165) is 16.8 Å². The van der Waals surface area contributed by atoms with Crippen LogP contribution in [0.5, 0.6) is 0 Å². The topological polar surface area (TPSA) is 92.1 Å². The Balaban J connectivity index is 1.73. The first-order chi connectivity index (χ1) is 13.9. The summed E-state index contributed by atoms with van der Waals surface area (Å²) in [6, 6.07) is 10.8. The lowest BCUT2D eigenvalue weighted by atomic mass is 9.93. The normalized spacial score (nSPS) is 16.1. The lowest BCUT2D eigenvalue weighted by Crippen LogP contribution is -2.39. The smallest absolute Gasteiger partial charge is 0.255 e. The second-order valence-electron chi connectivity index (χ2n) is 7.94. The van der Waals surface area contributed by atoms with Crippen molar-refractivity contribution >= 4 is 5.91 Å². The molecule has 1 aromatic carbocycles. The number of pyridine rings is 1. The average molecular weight is 392 g/mol. The van der Waals surface area contributed by atoms with Gasteiger partial charge in [0, 0.05) is 37.2 Å². The lowest BCUT2D eigenvalue weighted by Gasteiger charge is -2.35. The predicted molar refractivity (Wildman–Crippen MR) is 107 cm³/mol. The van der Waals surface area contributed by atoms with Crippen LogP contribution < -0.4 is 5.56 Å². The molecule has 29 heavy (non-hydrogen) atoms. The Kier molecular flexibility index (Phi) is 5.05. The molecule has 7 nitrogen and oxygen atoms in total. The molecule has 0 bridgehead atoms. The van der Waals surface area contributed by atoms with Crippen LogP contribution in [0, 0.1) is 12.8 Å². The van der Waals surface area contributed by atoms with Gasteiger partial charge in [0.15, 0.2) is 0 Å². The summed E-state index contributed by atoms with van der Waals surface area (Å²) >= 11 is 0. The van der Waals surface area contributed by atoms with Crippen LogP contribution in [0.3, 0.4) is 0 Å². The second kappa shape index (κ2) is 7.66. The van der Waals surface area contributed by atoms with E-state index < -0.39 is 0 Å². The molecular formula is C22H24N4O3. The van der Waals surface area contributed by atoms with Gasteiger partial charge in [-0.2, -0.15) is 0 Å². The van der Waals surface area contributed by atoms with Crippen molar-refractivity contribution in [3.63, 3.8) is 0 Å². The van der Waals surface area contributed by atoms with Gasteiger partial charge in [-0.05, 0) is 29.5 Å². The van der Waals surface area contributed by atoms with Gasteiger partial charge in [0.25, 0.3) is 5.91 Å². The number of hydrogen-bond acceptors (Lipinski definition) is 5. The number of hydrogen-bond donors (Lipinski definition) is 1. The SMILES string of the molecule is Cc1nnc(C2Cc3ccccc3CN2C(=O)c2cc(CC(C)C)[nH]c(=O)c2)o1. The molecule has 1 N–H and O–H groups in total. The summed E-state index contributed by atoms with van der Waals surface area (Å²) in [6.07, 6.45) is 1.29. The number of carbonyl (C=O) groups is 1. The third-order valence-electron chi connectivity index (χ3n) is 5.11. The third kappa shape index (κ3) is 3.99. The van der Waals surface area contributed by atoms with Gasteiger partial charge in [-0.15, -0.1) is 10.2 Å². The van der Waals surface area contributed by atoms with Crippen molar-refractivity contribution in [1.29, 1.82) is 0 Å². The van der Waals surface area contributed by atoms with Gasteiger partial charge >= 0.3 is 0 Å². The molecule has 2 aromatic heterocycles. The molecule has 150 valence electrons. The molecule has 7 heteroatoms. The first-order valence-electron chi connectivity index (χ1n) is 9.81. The second-order valence-corrected chi connectivity index (χ2v) is 7.94. The van der Waals surface area contributed by atoms with E-state index in [1.165, 1.54) is 6.07 Å². The van der Waals surface area contributed by atoms with Gasteiger partial charge in [0.2, 0.25) is 17.3 Å². The summed E-state index contributed by atoms with van der Waals surface area (Å²) in [5.74, 6) is 1.03. The summed E-state index contributed by atoms with van der Waals surface area (Å²) in [4.78, 5) is 30.2. The fourth-order valence-corrected chi connectivity index (χ4v) is 3.84. The Bertz CT molecular complexity index is 1100. The van der Waals surface area contributed by atoms with Gasteiger partial charge in [0.1, 0.15) is 6.04 Å². The van der Waals surface area contributed by atoms with Crippen molar-refractivity contribution in [3.05, 3.63) is 80.9 Å². The van der Waals surface area contributed by atoms with Crippen molar-refractivity contribution in [2.75, 3.05) is 0 Å². The minimum absolute atomic E-state index is 0.212. The molecule has 0 saturated carbocycles. The van der Waals surface area contributed by atoms with E-state index in [2.05, 4.69) is 35.1 Å². The first-order valence-corrected chi connectivity index (χ1v) is 9.81. The van der Waals surface area contributed by atoms with E-state index >= 15 is 0 Å². The Morgan fingerprint density at radius 1 is 1.24 bits per heavy atom. The van der Waals surface area contributed by atoms with Gasteiger partial charge < -0.3 is 14.3 Å². The standard InChI is InChI=1S/C22H24N4O3/c1-13(2)8-18-9-17(11-20(27)23-18)22(28)26-12-16-7-5-4-6-15(16)10-19(26)21-25-24-14(3)29-21/h4-7,9,11,13,19H,8,10,12H2,1-3H3,(H,23,27). The first kappa shape index (κ1) is 19.1. The highest BCUT2D eigenvalue weighted by atomic mass is 16.4. The lowest BCUT2D eigenvalue weighted by molar-refractivity contribution is 0.0602. The largest absolute Gasteiger partial charge is 0.423 e. The minimum atomic E-state index is -0.369. The van der Waals surface area contributed by atoms with Gasteiger partial charge in [0.05, 0.1) is 0 Å². The predicted octanol–water partition coefficient (Wildman–Crippen LogP) is 3.20. The van der Waals surface area contributed by atoms with E-state index in [1.807, 2.05) is 18.2 Å². The summed E-state index contributed by atoms with van der Waals surface area (Å²) < 4.78 is 5.67. The van der Waals surface area contributed by atoms with Crippen LogP contribution in [0.15, 0.2) is 45.6 Å². The molecule has 4 rings (SSSR count). The van der Waals surface area contributed by atoms with Crippen LogP contribution in [-0.2, 0) is 19.4 Å². The summed E-state index contributed by atoms with van der Waals surface area (Å²) in [6.45, 7) is 6.30. The molecule has 1 aliphatic rings. The third-order valence-corrected chi connectivity index (χ3v) is 5.11. The number of nitrogens with one attached hydrogen (secondary N) is 1. The number of aromatic nitrogens is 3. The maximum Gasteiger partial charge on any atom is 0.255 e. The zero-order valence-electron chi connectivity index (χ0n) is 16.8. The number of benzene rings is 1. The summed E-state index contributed by atoms with van der Waals surface area (Å²) in [5.41, 5.74) is 3.11. The van der Waals surface area contributed by atoms with E-state index in [4.69, 9.17) is 4.42 Å². The minimum Gasteiger partial charge on any atom is -0.423 e. The van der Waals surface area contributed by atoms with Crippen molar-refractivity contribution in [1.82, 2.24) is 20.1 Å². The summed E-state index contributed by atoms with van der Waals surface area (Å²) in [5, 5.41) is 8.10. The van der Waals surface area contributed by atoms with E-state index in [0.29, 0.717) is 42.6 Å². The number of amides is 1. The van der Waals surface area contributed by atoms with Crippen LogP contribution in [0.25, 0.3) is 0 Å². The van der Waals surface area contributed by atoms with E-state index in [-0.39, 0.29) is 17.5 Å². The fourth-order valence-electron chi connectivity index (χ4n) is 3.84. The van der Waals surface area contributed by atoms with Crippen LogP contribution in [0.1, 0.15) is 58.8 Å². The molecule has 0 spiro atoms. The maximum atomic E-state index is 13.5. The molecular weight excluding hydrogens is 368 g/mol. The van der Waals surface area contributed by atoms with Crippen molar-refractivity contribution in [2.24, 2.45) is 5.92 Å². The van der Waals surface area contributed by atoms with Crippen LogP contribution in [0.2, 0.25) is 0 Å². The highest BCUT2D eigenvalue weighted by molar-refractivity contribution is 5.94. The average Bonchev–Trinajstić information content (AvgIpc) is 3.11. The van der Waals surface area contributed by atoms with Crippen molar-refractivity contribution in [2.45, 2.75) is 46.2 Å². The van der Waals surface area contributed by atoms with Crippen LogP contribution >= 0.6 is 0 Å². The molecule has 0 saturated heterocycles. The number of rotatable bonds is 4. The van der Waals surface area contributed by atoms with Crippen LogP contribution in [-0.4, -0.2) is 26.0 Å². The van der Waals surface area contributed by atoms with Crippen molar-refractivity contribution < 1.29 is 9.21 Å². The zero-order valence-corrected chi connectivity index (χ0v) is 16.8. The molecule has 3 heterocycles. The maximum absolute atomic E-state index is 13.5. The highest BCUT2D eigenvalue weighted by Crippen LogP contribution is 2.33. The monoisotopic (exact) mass is 392 g/mol. The molecule has 1 atom stereocenters. The quantitative estimate of drug-likeness (QED) is 0.736. The Labute approximate surface area is 168 Å². The molecule has 0 fully saturated rings. The van der Waals surface area contributed by atoms with E-state index in [1.54, 1.807) is 17.9 Å². The van der Waals surface area contributed by atoms with Gasteiger partial charge in [-0.3, -0.25) is 9.59 Å². The molecule has 3 aromatic rings. The number of H-pyrrole nitrogens is 1. The number of aromatic amines is 1. The van der Waals surface area contributed by atoms with Gasteiger partial charge in [-0.25, -0.2) is 0 Å². The number of aryl methyl sites for hydroxylation is 1. The number of nitrogens with zero attached hydrogens (tertiary/aromatic N) is 3. The molecule has 1 aliphatic heterocycles. The van der Waals surface area contributed by atoms with Gasteiger partial charge in [-0.1, -0.05) is 38.1 Å². The molecule has 0 radical (unpaired) electrons. The fraction of sp³-hybridized carbons (Fsp3) is 0.364. The van der Waals surface area contributed by atoms with Crippen LogP contribution in [0.4, 0.5) is 0 Å². The number of carbonyl (C=O) groups excluding carboxylic acids is 1. The Morgan fingerprint density at radius 3 is 2.69 bits per heavy atom. The molecule has 1 amide bonds. The highest BCUT2D eigenvalue weighted by Gasteiger charge is 2.35. The summed E-state index contributed by atoms with van der Waals surface area (Å²) in [7, 11) is 0. The number of fused-ring (bicyclic) bond motifs is 1. The molecule has 0 aliphatic carbocycles. The Hall–Kier alpha value is -3.22. The van der Waals surface area contributed by atoms with E-state index in [9.17, 15) is 9.59 Å². The molecule has 1 unspecified atom stereocenters. The van der Waals surface area contributed by atoms with Crippen molar-refractivity contribution in [3.8, 4) is 0 Å².